The molecule has 0 spiro atoms. The van der Waals surface area contributed by atoms with Gasteiger partial charge in [0, 0.05) is 11.4 Å². The topological polar surface area (TPSA) is 164 Å². The molecule has 2 aromatic carbocycles. The molecule has 2 rings (SSSR count). The molecule has 0 radical (unpaired) electrons. The molecule has 0 aliphatic carbocycles. The van der Waals surface area contributed by atoms with Crippen LogP contribution in [0.2, 0.25) is 0 Å². The molecule has 0 unspecified atom stereocenters. The van der Waals surface area contributed by atoms with Crippen LogP contribution in [0.15, 0.2) is 75.2 Å². The first-order valence-electron chi connectivity index (χ1n) is 7.53. The van der Waals surface area contributed by atoms with Gasteiger partial charge in [0.05, 0.1) is 11.4 Å². The largest absolute Gasteiger partial charge is 0.510 e. The molecule has 9 nitrogen and oxygen atoms in total. The van der Waals surface area contributed by atoms with Crippen LogP contribution in [-0.4, -0.2) is 17.0 Å². The molecule has 0 fully saturated rings. The summed E-state index contributed by atoms with van der Waals surface area (Å²) in [6.07, 6.45) is 0. The number of hydrogen-bond acceptors (Lipinski definition) is 6. The van der Waals surface area contributed by atoms with Crippen LogP contribution < -0.4 is 22.5 Å². The minimum Gasteiger partial charge on any atom is -0.510 e. The average molecular weight is 353 g/mol. The first-order valence-corrected chi connectivity index (χ1v) is 7.53. The van der Waals surface area contributed by atoms with Gasteiger partial charge < -0.3 is 27.6 Å². The molecule has 9 heteroatoms. The van der Waals surface area contributed by atoms with E-state index >= 15 is 0 Å². The van der Waals surface area contributed by atoms with Gasteiger partial charge in [0.25, 0.3) is 5.91 Å². The van der Waals surface area contributed by atoms with Gasteiger partial charge in [-0.2, -0.15) is 5.11 Å². The second-order valence-corrected chi connectivity index (χ2v) is 5.27. The summed E-state index contributed by atoms with van der Waals surface area (Å²) in [4.78, 5) is 16.2. The zero-order valence-corrected chi connectivity index (χ0v) is 14.0. The van der Waals surface area contributed by atoms with Crippen molar-refractivity contribution >= 4 is 34.6 Å². The van der Waals surface area contributed by atoms with Crippen molar-refractivity contribution in [3.63, 3.8) is 0 Å². The highest BCUT2D eigenvalue weighted by Crippen LogP contribution is 2.20. The number of nitrogens with one attached hydrogen (secondary N) is 1. The third-order valence-electron chi connectivity index (χ3n) is 3.08. The number of hydrogen-bond donors (Lipinski definition) is 5. The molecule has 134 valence electrons. The van der Waals surface area contributed by atoms with Crippen molar-refractivity contribution in [2.24, 2.45) is 26.7 Å². The molecule has 26 heavy (non-hydrogen) atoms. The van der Waals surface area contributed by atoms with Crippen LogP contribution in [0.1, 0.15) is 6.92 Å². The third kappa shape index (κ3) is 5.34. The lowest BCUT2D eigenvalue weighted by Gasteiger charge is -2.06. The highest BCUT2D eigenvalue weighted by atomic mass is 16.3. The van der Waals surface area contributed by atoms with E-state index in [4.69, 9.17) is 17.2 Å². The first kappa shape index (κ1) is 18.5. The summed E-state index contributed by atoms with van der Waals surface area (Å²) in [6, 6.07) is 13.1. The number of allylic oxidation sites excluding steroid dienone is 1. The van der Waals surface area contributed by atoms with Crippen molar-refractivity contribution in [2.45, 2.75) is 6.92 Å². The maximum atomic E-state index is 12.3. The molecule has 0 aromatic heterocycles. The molecule has 8 N–H and O–H groups in total. The Hall–Kier alpha value is -3.88. The van der Waals surface area contributed by atoms with E-state index < -0.39 is 5.91 Å². The summed E-state index contributed by atoms with van der Waals surface area (Å²) >= 11 is 0. The SMILES string of the molecule is CC(O)=C(N=Nc1ccc(N=C(N)N)cc1)C(=O)Nc1cccc(N)c1. The first-order chi connectivity index (χ1) is 12.3. The van der Waals surface area contributed by atoms with Gasteiger partial charge in [-0.1, -0.05) is 6.07 Å². The molecule has 0 saturated heterocycles. The monoisotopic (exact) mass is 353 g/mol. The smallest absolute Gasteiger partial charge is 0.279 e. The summed E-state index contributed by atoms with van der Waals surface area (Å²) < 4.78 is 0. The number of amides is 1. The molecule has 0 aliphatic heterocycles. The van der Waals surface area contributed by atoms with Gasteiger partial charge in [-0.25, -0.2) is 4.99 Å². The summed E-state index contributed by atoms with van der Waals surface area (Å²) in [5.74, 6) is -0.942. The van der Waals surface area contributed by atoms with Crippen molar-refractivity contribution in [1.82, 2.24) is 0 Å². The van der Waals surface area contributed by atoms with Gasteiger partial charge in [0.1, 0.15) is 5.76 Å². The van der Waals surface area contributed by atoms with E-state index in [-0.39, 0.29) is 17.4 Å². The van der Waals surface area contributed by atoms with Gasteiger partial charge in [-0.15, -0.1) is 5.11 Å². The molecule has 2 aromatic rings. The normalized spacial score (nSPS) is 11.7. The van der Waals surface area contributed by atoms with Crippen LogP contribution in [0.3, 0.4) is 0 Å². The summed E-state index contributed by atoms with van der Waals surface area (Å²) in [5.41, 5.74) is 18.0. The van der Waals surface area contributed by atoms with E-state index in [1.165, 1.54) is 6.92 Å². The standard InChI is InChI=1S/C17H19N7O2/c1-10(25)15(16(26)21-14-4-2-3-11(18)9-14)24-23-13-7-5-12(6-8-13)22-17(19)20/h2-9,25H,18H2,1H3,(H,21,26)(H4,19,20,22). The predicted octanol–water partition coefficient (Wildman–Crippen LogP) is 2.69. The molecule has 0 aliphatic rings. The fourth-order valence-electron chi connectivity index (χ4n) is 1.94. The van der Waals surface area contributed by atoms with Gasteiger partial charge in [0.15, 0.2) is 11.7 Å². The second-order valence-electron chi connectivity index (χ2n) is 5.27. The van der Waals surface area contributed by atoms with E-state index in [9.17, 15) is 9.90 Å². The number of rotatable bonds is 5. The lowest BCUT2D eigenvalue weighted by atomic mass is 10.2. The maximum Gasteiger partial charge on any atom is 0.279 e. The lowest BCUT2D eigenvalue weighted by Crippen LogP contribution is -2.21. The number of anilines is 2. The summed E-state index contributed by atoms with van der Waals surface area (Å²) in [6.45, 7) is 1.34. The molecule has 0 heterocycles. The number of benzene rings is 2. The van der Waals surface area contributed by atoms with Crippen LogP contribution >= 0.6 is 0 Å². The number of azo groups is 1. The van der Waals surface area contributed by atoms with Crippen molar-refractivity contribution in [3.05, 3.63) is 60.0 Å². The van der Waals surface area contributed by atoms with Crippen molar-refractivity contribution in [3.8, 4) is 0 Å². The predicted molar refractivity (Wildman–Crippen MR) is 101 cm³/mol. The fourth-order valence-corrected chi connectivity index (χ4v) is 1.94. The number of aliphatic hydroxyl groups is 1. The Morgan fingerprint density at radius 2 is 1.73 bits per heavy atom. The van der Waals surface area contributed by atoms with E-state index in [0.717, 1.165) is 0 Å². The molecular weight excluding hydrogens is 334 g/mol. The highest BCUT2D eigenvalue weighted by Gasteiger charge is 2.13. The number of aliphatic imine (C=N–C) groups is 1. The number of nitrogen functional groups attached to an aromatic ring is 1. The number of nitrogens with zero attached hydrogens (tertiary/aromatic N) is 3. The minimum absolute atomic E-state index is 0.0567. The van der Waals surface area contributed by atoms with Crippen LogP contribution in [0.4, 0.5) is 22.7 Å². The molecule has 0 bridgehead atoms. The number of guanidine groups is 1. The van der Waals surface area contributed by atoms with Gasteiger partial charge >= 0.3 is 0 Å². The zero-order chi connectivity index (χ0) is 19.1. The quantitative estimate of drug-likeness (QED) is 0.139. The van der Waals surface area contributed by atoms with Crippen LogP contribution in [0.5, 0.6) is 0 Å². The Labute approximate surface area is 149 Å². The number of aliphatic hydroxyl groups excluding tert-OH is 1. The Bertz CT molecular complexity index is 878. The Morgan fingerprint density at radius 3 is 2.31 bits per heavy atom. The van der Waals surface area contributed by atoms with E-state index in [2.05, 4.69) is 20.5 Å². The van der Waals surface area contributed by atoms with Crippen LogP contribution in [0, 0.1) is 0 Å². The number of carbonyl (C=O) groups excluding carboxylic acids is 1. The van der Waals surface area contributed by atoms with Gasteiger partial charge in [-0.05, 0) is 49.4 Å². The zero-order valence-electron chi connectivity index (χ0n) is 14.0. The number of carbonyl (C=O) groups is 1. The summed E-state index contributed by atoms with van der Waals surface area (Å²) in [7, 11) is 0. The summed E-state index contributed by atoms with van der Waals surface area (Å²) in [5, 5.41) is 20.1. The Kier molecular flexibility index (Phi) is 5.88. The molecule has 1 amide bonds. The van der Waals surface area contributed by atoms with Gasteiger partial charge in [0.2, 0.25) is 0 Å². The fraction of sp³-hybridized carbons (Fsp3) is 0.0588. The Morgan fingerprint density at radius 1 is 1.08 bits per heavy atom. The van der Waals surface area contributed by atoms with Crippen LogP contribution in [0.25, 0.3) is 0 Å². The number of nitrogens with two attached hydrogens (primary N) is 3. The van der Waals surface area contributed by atoms with Crippen molar-refractivity contribution < 1.29 is 9.90 Å². The van der Waals surface area contributed by atoms with Crippen LogP contribution in [-0.2, 0) is 4.79 Å². The maximum absolute atomic E-state index is 12.3. The van der Waals surface area contributed by atoms with E-state index in [1.807, 2.05) is 0 Å². The van der Waals surface area contributed by atoms with E-state index in [0.29, 0.717) is 22.7 Å². The average Bonchev–Trinajstić information content (AvgIpc) is 2.55. The minimum atomic E-state index is -0.614. The molecule has 0 atom stereocenters. The Balaban J connectivity index is 2.15. The van der Waals surface area contributed by atoms with Gasteiger partial charge in [-0.3, -0.25) is 4.79 Å². The molecule has 0 saturated carbocycles. The third-order valence-corrected chi connectivity index (χ3v) is 3.08. The van der Waals surface area contributed by atoms with E-state index in [1.54, 1.807) is 48.5 Å². The second kappa shape index (κ2) is 8.29. The highest BCUT2D eigenvalue weighted by molar-refractivity contribution is 6.03. The molecular formula is C17H19N7O2. The lowest BCUT2D eigenvalue weighted by molar-refractivity contribution is -0.113. The van der Waals surface area contributed by atoms with Crippen molar-refractivity contribution in [2.75, 3.05) is 11.1 Å². The van der Waals surface area contributed by atoms with Crippen molar-refractivity contribution in [1.29, 1.82) is 0 Å².